The first-order valence-corrected chi connectivity index (χ1v) is 12.7. The van der Waals surface area contributed by atoms with Gasteiger partial charge >= 0.3 is 0 Å². The van der Waals surface area contributed by atoms with Crippen LogP contribution in [-0.2, 0) is 20.5 Å². The van der Waals surface area contributed by atoms with E-state index in [0.717, 1.165) is 12.0 Å². The van der Waals surface area contributed by atoms with Gasteiger partial charge < -0.3 is 24.7 Å². The van der Waals surface area contributed by atoms with E-state index in [1.165, 1.54) is 33.5 Å². The standard InChI is InChI=1S/C22H30N6O6S/c1-13-10-23-21(24-11-13)19(29)14(2)35(30,31)28-22(18-16(32-3)6-5-7-17(18)33-4)25-20(26-27-22)15-8-9-34-12-15/h5-7,10-11,14-15,19,27-29H,8-9,12H2,1-4H3,(H,25,26)/t14-,15+,19-,22?/m0/s1. The first-order valence-electron chi connectivity index (χ1n) is 11.1. The highest BCUT2D eigenvalue weighted by molar-refractivity contribution is 7.90. The molecule has 0 saturated carbocycles. The minimum Gasteiger partial charge on any atom is -0.496 e. The van der Waals surface area contributed by atoms with Gasteiger partial charge in [0.1, 0.15) is 28.7 Å². The van der Waals surface area contributed by atoms with Gasteiger partial charge in [0.15, 0.2) is 5.82 Å². The van der Waals surface area contributed by atoms with E-state index >= 15 is 0 Å². The Morgan fingerprint density at radius 1 is 1.23 bits per heavy atom. The number of nitrogens with one attached hydrogen (secondary N) is 3. The van der Waals surface area contributed by atoms with Crippen LogP contribution < -0.4 is 25.0 Å². The maximum Gasteiger partial charge on any atom is 0.229 e. The van der Waals surface area contributed by atoms with Crippen molar-refractivity contribution in [1.29, 1.82) is 0 Å². The molecule has 2 aliphatic rings. The van der Waals surface area contributed by atoms with E-state index in [1.54, 1.807) is 25.1 Å². The summed E-state index contributed by atoms with van der Waals surface area (Å²) in [6, 6.07) is 5.09. The van der Waals surface area contributed by atoms with Crippen LogP contribution in [0.5, 0.6) is 11.5 Å². The molecule has 0 amide bonds. The summed E-state index contributed by atoms with van der Waals surface area (Å²) in [5, 5.41) is 9.47. The minimum absolute atomic E-state index is 0.00204. The zero-order valence-electron chi connectivity index (χ0n) is 20.0. The number of rotatable bonds is 9. The molecule has 1 saturated heterocycles. The molecule has 13 heteroatoms. The second-order valence-electron chi connectivity index (χ2n) is 8.47. The summed E-state index contributed by atoms with van der Waals surface area (Å²) >= 11 is 0. The van der Waals surface area contributed by atoms with E-state index in [0.29, 0.717) is 36.1 Å². The molecule has 1 aromatic heterocycles. The molecule has 1 aromatic carbocycles. The zero-order chi connectivity index (χ0) is 25.2. The highest BCUT2D eigenvalue weighted by Crippen LogP contribution is 2.40. The van der Waals surface area contributed by atoms with Crippen molar-refractivity contribution >= 4 is 15.9 Å². The predicted octanol–water partition coefficient (Wildman–Crippen LogP) is 0.497. The number of benzene rings is 1. The summed E-state index contributed by atoms with van der Waals surface area (Å²) in [5.41, 5.74) is 7.11. The third-order valence-electron chi connectivity index (χ3n) is 6.06. The van der Waals surface area contributed by atoms with Crippen LogP contribution >= 0.6 is 0 Å². The molecule has 4 rings (SSSR count). The van der Waals surface area contributed by atoms with Crippen molar-refractivity contribution in [3.63, 3.8) is 0 Å². The number of ether oxygens (including phenoxy) is 3. The van der Waals surface area contributed by atoms with Gasteiger partial charge in [0.05, 0.1) is 26.4 Å². The molecule has 190 valence electrons. The largest absolute Gasteiger partial charge is 0.496 e. The number of aliphatic imine (C=N–C) groups is 1. The molecule has 0 aliphatic carbocycles. The fourth-order valence-electron chi connectivity index (χ4n) is 3.99. The maximum atomic E-state index is 13.6. The first-order chi connectivity index (χ1) is 16.7. The van der Waals surface area contributed by atoms with E-state index in [9.17, 15) is 13.5 Å². The molecule has 1 fully saturated rings. The summed E-state index contributed by atoms with van der Waals surface area (Å²) in [6.45, 7) is 4.22. The number of hydrazine groups is 1. The van der Waals surface area contributed by atoms with E-state index < -0.39 is 27.2 Å². The van der Waals surface area contributed by atoms with Crippen LogP contribution in [0.25, 0.3) is 0 Å². The minimum atomic E-state index is -4.24. The molecule has 1 unspecified atom stereocenters. The molecule has 0 bridgehead atoms. The van der Waals surface area contributed by atoms with Gasteiger partial charge in [0, 0.05) is 24.9 Å². The summed E-state index contributed by atoms with van der Waals surface area (Å²) in [6.07, 6.45) is 2.29. The number of aliphatic hydroxyl groups excluding tert-OH is 1. The van der Waals surface area contributed by atoms with Gasteiger partial charge in [0.2, 0.25) is 15.8 Å². The van der Waals surface area contributed by atoms with Crippen molar-refractivity contribution in [3.8, 4) is 11.5 Å². The molecule has 4 N–H and O–H groups in total. The molecule has 2 aromatic rings. The fourth-order valence-corrected chi connectivity index (χ4v) is 5.25. The molecular weight excluding hydrogens is 476 g/mol. The number of sulfonamides is 1. The Morgan fingerprint density at radius 3 is 2.46 bits per heavy atom. The number of amidine groups is 1. The van der Waals surface area contributed by atoms with E-state index in [2.05, 4.69) is 25.5 Å². The summed E-state index contributed by atoms with van der Waals surface area (Å²) in [4.78, 5) is 12.9. The van der Waals surface area contributed by atoms with Crippen molar-refractivity contribution in [1.82, 2.24) is 25.5 Å². The van der Waals surface area contributed by atoms with Gasteiger partial charge in [-0.1, -0.05) is 6.07 Å². The zero-order valence-corrected chi connectivity index (χ0v) is 20.8. The lowest BCUT2D eigenvalue weighted by Gasteiger charge is -2.31. The second-order valence-corrected chi connectivity index (χ2v) is 10.5. The van der Waals surface area contributed by atoms with Gasteiger partial charge in [-0.3, -0.25) is 0 Å². The van der Waals surface area contributed by atoms with Gasteiger partial charge in [-0.2, -0.15) is 10.1 Å². The molecule has 35 heavy (non-hydrogen) atoms. The molecule has 4 atom stereocenters. The average molecular weight is 507 g/mol. The number of methoxy groups -OCH3 is 2. The van der Waals surface area contributed by atoms with Gasteiger partial charge in [-0.05, 0) is 38.0 Å². The SMILES string of the molecule is COc1cccc(OC)c1C1(NS(=O)(=O)[C@@H](C)[C@H](O)c2ncc(C)cn2)N=C([C@@H]2CCOC2)NN1. The van der Waals surface area contributed by atoms with Crippen molar-refractivity contribution in [2.75, 3.05) is 27.4 Å². The lowest BCUT2D eigenvalue weighted by atomic mass is 10.1. The van der Waals surface area contributed by atoms with Gasteiger partial charge in [-0.15, -0.1) is 0 Å². The van der Waals surface area contributed by atoms with Crippen LogP contribution in [0, 0.1) is 12.8 Å². The Kier molecular flexibility index (Phi) is 7.24. The van der Waals surface area contributed by atoms with Crippen LogP contribution in [0.1, 0.15) is 36.4 Å². The highest BCUT2D eigenvalue weighted by Gasteiger charge is 2.48. The van der Waals surface area contributed by atoms with Crippen LogP contribution in [-0.4, -0.2) is 62.0 Å². The Balaban J connectivity index is 1.76. The summed E-state index contributed by atoms with van der Waals surface area (Å²) in [5.74, 6) is -0.529. The van der Waals surface area contributed by atoms with Gasteiger partial charge in [0.25, 0.3) is 0 Å². The molecule has 12 nitrogen and oxygen atoms in total. The third-order valence-corrected chi connectivity index (χ3v) is 7.87. The van der Waals surface area contributed by atoms with Crippen LogP contribution in [0.2, 0.25) is 0 Å². The molecule has 0 radical (unpaired) electrons. The topological polar surface area (TPSA) is 156 Å². The number of aryl methyl sites for hydroxylation is 1. The average Bonchev–Trinajstić information content (AvgIpc) is 3.53. The lowest BCUT2D eigenvalue weighted by Crippen LogP contribution is -2.57. The number of aromatic nitrogens is 2. The Labute approximate surface area is 204 Å². The molecule has 0 spiro atoms. The Hall–Kier alpha value is -2.84. The molecular formula is C22H30N6O6S. The molecule has 2 aliphatic heterocycles. The van der Waals surface area contributed by atoms with Crippen molar-refractivity contribution < 1.29 is 27.7 Å². The normalized spacial score (nSPS) is 23.9. The Bertz CT molecular complexity index is 1160. The van der Waals surface area contributed by atoms with Crippen molar-refractivity contribution in [2.24, 2.45) is 10.9 Å². The van der Waals surface area contributed by atoms with Crippen LogP contribution in [0.3, 0.4) is 0 Å². The maximum absolute atomic E-state index is 13.6. The fraction of sp³-hybridized carbons (Fsp3) is 0.500. The number of hydrogen-bond acceptors (Lipinski definition) is 11. The number of hydrogen-bond donors (Lipinski definition) is 4. The predicted molar refractivity (Wildman–Crippen MR) is 127 cm³/mol. The van der Waals surface area contributed by atoms with Gasteiger partial charge in [-0.25, -0.2) is 23.4 Å². The number of nitrogens with zero attached hydrogens (tertiary/aromatic N) is 3. The quantitative estimate of drug-likeness (QED) is 0.378. The second kappa shape index (κ2) is 10.0. The third kappa shape index (κ3) is 4.95. The smallest absolute Gasteiger partial charge is 0.229 e. The number of aliphatic hydroxyl groups is 1. The first kappa shape index (κ1) is 25.3. The summed E-state index contributed by atoms with van der Waals surface area (Å²) < 4.78 is 46.4. The molecule has 3 heterocycles. The van der Waals surface area contributed by atoms with Crippen LogP contribution in [0.4, 0.5) is 0 Å². The van der Waals surface area contributed by atoms with E-state index in [4.69, 9.17) is 19.2 Å². The van der Waals surface area contributed by atoms with E-state index in [1.807, 2.05) is 0 Å². The lowest BCUT2D eigenvalue weighted by molar-refractivity contribution is 0.164. The van der Waals surface area contributed by atoms with Crippen molar-refractivity contribution in [3.05, 3.63) is 47.5 Å². The Morgan fingerprint density at radius 2 is 1.89 bits per heavy atom. The summed E-state index contributed by atoms with van der Waals surface area (Å²) in [7, 11) is -1.29. The van der Waals surface area contributed by atoms with Crippen molar-refractivity contribution in [2.45, 2.75) is 37.4 Å². The monoisotopic (exact) mass is 506 g/mol. The highest BCUT2D eigenvalue weighted by atomic mass is 32.2. The van der Waals surface area contributed by atoms with Crippen LogP contribution in [0.15, 0.2) is 35.6 Å². The van der Waals surface area contributed by atoms with E-state index in [-0.39, 0.29) is 11.7 Å².